The Morgan fingerprint density at radius 1 is 1.32 bits per heavy atom. The van der Waals surface area contributed by atoms with Crippen LogP contribution in [-0.4, -0.2) is 48.2 Å². The highest BCUT2D eigenvalue weighted by molar-refractivity contribution is 7.98. The first-order valence-electron chi connectivity index (χ1n) is 6.36. The van der Waals surface area contributed by atoms with Crippen molar-refractivity contribution in [3.8, 4) is 0 Å². The van der Waals surface area contributed by atoms with E-state index in [9.17, 15) is 4.79 Å². The Balaban J connectivity index is 2.65. The van der Waals surface area contributed by atoms with Gasteiger partial charge in [-0.15, -0.1) is 0 Å². The number of carbonyl (C=O) groups excluding carboxylic acids is 1. The standard InChI is InChI=1S/C13H25NO4S/c1-11(2,3)18-10(15)14-13(9-19-6)7-16-12(4,5)17-8-13/h7-9H2,1-6H3,(H,14,15). The van der Waals surface area contributed by atoms with Gasteiger partial charge in [0.25, 0.3) is 0 Å². The zero-order valence-corrected chi connectivity index (χ0v) is 13.5. The molecule has 0 atom stereocenters. The van der Waals surface area contributed by atoms with Gasteiger partial charge >= 0.3 is 6.09 Å². The summed E-state index contributed by atoms with van der Waals surface area (Å²) in [5, 5.41) is 2.90. The van der Waals surface area contributed by atoms with Crippen LogP contribution in [0.1, 0.15) is 34.6 Å². The maximum Gasteiger partial charge on any atom is 0.408 e. The van der Waals surface area contributed by atoms with E-state index in [4.69, 9.17) is 14.2 Å². The highest BCUT2D eigenvalue weighted by Gasteiger charge is 2.41. The molecule has 1 amide bonds. The van der Waals surface area contributed by atoms with Crippen LogP contribution in [0.4, 0.5) is 4.79 Å². The van der Waals surface area contributed by atoms with Crippen LogP contribution in [0.15, 0.2) is 0 Å². The van der Waals surface area contributed by atoms with Crippen LogP contribution >= 0.6 is 11.8 Å². The summed E-state index contributed by atoms with van der Waals surface area (Å²) in [6, 6.07) is 0. The number of ether oxygens (including phenoxy) is 3. The van der Waals surface area contributed by atoms with Crippen LogP contribution in [0.2, 0.25) is 0 Å². The minimum Gasteiger partial charge on any atom is -0.444 e. The van der Waals surface area contributed by atoms with Gasteiger partial charge < -0.3 is 19.5 Å². The Kier molecular flexibility index (Phi) is 5.15. The highest BCUT2D eigenvalue weighted by atomic mass is 32.2. The third-order valence-corrected chi connectivity index (χ3v) is 3.42. The Morgan fingerprint density at radius 3 is 2.26 bits per heavy atom. The number of rotatable bonds is 3. The number of nitrogens with one attached hydrogen (secondary N) is 1. The van der Waals surface area contributed by atoms with Gasteiger partial charge in [0, 0.05) is 5.75 Å². The topological polar surface area (TPSA) is 56.8 Å². The van der Waals surface area contributed by atoms with Crippen LogP contribution in [0.5, 0.6) is 0 Å². The second kappa shape index (κ2) is 5.89. The SMILES string of the molecule is CSCC1(NC(=O)OC(C)(C)C)COC(C)(C)OC1. The Morgan fingerprint density at radius 2 is 1.84 bits per heavy atom. The van der Waals surface area contributed by atoms with Crippen molar-refractivity contribution in [1.29, 1.82) is 0 Å². The van der Waals surface area contributed by atoms with Crippen molar-refractivity contribution >= 4 is 17.9 Å². The third kappa shape index (κ3) is 5.58. The number of amides is 1. The van der Waals surface area contributed by atoms with Crippen LogP contribution in [0.25, 0.3) is 0 Å². The smallest absolute Gasteiger partial charge is 0.408 e. The lowest BCUT2D eigenvalue weighted by molar-refractivity contribution is -0.267. The van der Waals surface area contributed by atoms with Crippen molar-refractivity contribution in [2.45, 2.75) is 51.5 Å². The molecule has 1 saturated heterocycles. The quantitative estimate of drug-likeness (QED) is 0.865. The molecule has 1 fully saturated rings. The van der Waals surface area contributed by atoms with Crippen LogP contribution in [0.3, 0.4) is 0 Å². The highest BCUT2D eigenvalue weighted by Crippen LogP contribution is 2.26. The number of thioether (sulfide) groups is 1. The zero-order valence-electron chi connectivity index (χ0n) is 12.7. The van der Waals surface area contributed by atoms with Gasteiger partial charge in [-0.2, -0.15) is 11.8 Å². The Bertz CT molecular complexity index is 315. The van der Waals surface area contributed by atoms with Gasteiger partial charge in [-0.1, -0.05) is 0 Å². The second-order valence-corrected chi connectivity index (χ2v) is 7.18. The minimum absolute atomic E-state index is 0.417. The fraction of sp³-hybridized carbons (Fsp3) is 0.923. The number of alkyl carbamates (subject to hydrolysis) is 1. The first-order chi connectivity index (χ1) is 8.58. The van der Waals surface area contributed by atoms with Gasteiger partial charge in [0.15, 0.2) is 5.79 Å². The van der Waals surface area contributed by atoms with Crippen LogP contribution in [0, 0.1) is 0 Å². The van der Waals surface area contributed by atoms with E-state index in [1.807, 2.05) is 40.9 Å². The van der Waals surface area contributed by atoms with E-state index in [-0.39, 0.29) is 0 Å². The molecule has 1 heterocycles. The van der Waals surface area contributed by atoms with Crippen LogP contribution in [-0.2, 0) is 14.2 Å². The molecule has 0 aliphatic carbocycles. The molecule has 0 unspecified atom stereocenters. The van der Waals surface area contributed by atoms with Gasteiger partial charge in [-0.05, 0) is 40.9 Å². The molecule has 1 N–H and O–H groups in total. The lowest BCUT2D eigenvalue weighted by Gasteiger charge is -2.43. The number of carbonyl (C=O) groups is 1. The maximum atomic E-state index is 11.9. The summed E-state index contributed by atoms with van der Waals surface area (Å²) in [4.78, 5) is 11.9. The summed E-state index contributed by atoms with van der Waals surface area (Å²) < 4.78 is 16.6. The van der Waals surface area contributed by atoms with E-state index in [0.717, 1.165) is 0 Å². The van der Waals surface area contributed by atoms with Gasteiger partial charge in [-0.3, -0.25) is 0 Å². The molecule has 19 heavy (non-hydrogen) atoms. The molecular weight excluding hydrogens is 266 g/mol. The van der Waals surface area contributed by atoms with E-state index in [1.54, 1.807) is 11.8 Å². The zero-order chi connectivity index (χ0) is 14.7. The molecule has 112 valence electrons. The van der Waals surface area contributed by atoms with Crippen molar-refractivity contribution < 1.29 is 19.0 Å². The normalized spacial score (nSPS) is 21.8. The van der Waals surface area contributed by atoms with E-state index in [0.29, 0.717) is 19.0 Å². The molecule has 0 saturated carbocycles. The predicted octanol–water partition coefficient (Wildman–Crippen LogP) is 2.40. The van der Waals surface area contributed by atoms with E-state index >= 15 is 0 Å². The summed E-state index contributed by atoms with van der Waals surface area (Å²) in [6.07, 6.45) is 1.55. The maximum absolute atomic E-state index is 11.9. The molecule has 0 aromatic heterocycles. The van der Waals surface area contributed by atoms with Crippen LogP contribution < -0.4 is 5.32 Å². The third-order valence-electron chi connectivity index (χ3n) is 2.58. The second-order valence-electron chi connectivity index (χ2n) is 6.32. The van der Waals surface area contributed by atoms with Gasteiger partial charge in [0.05, 0.1) is 18.8 Å². The number of hydrogen-bond donors (Lipinski definition) is 1. The predicted molar refractivity (Wildman–Crippen MR) is 76.5 cm³/mol. The fourth-order valence-corrected chi connectivity index (χ4v) is 2.49. The van der Waals surface area contributed by atoms with E-state index < -0.39 is 23.0 Å². The summed E-state index contributed by atoms with van der Waals surface area (Å²) >= 11 is 1.64. The van der Waals surface area contributed by atoms with Crippen molar-refractivity contribution in [2.75, 3.05) is 25.2 Å². The van der Waals surface area contributed by atoms with Crippen molar-refractivity contribution in [1.82, 2.24) is 5.32 Å². The Labute approximate surface area is 119 Å². The lowest BCUT2D eigenvalue weighted by Crippen LogP contribution is -2.63. The van der Waals surface area contributed by atoms with Crippen molar-refractivity contribution in [2.24, 2.45) is 0 Å². The molecule has 0 bridgehead atoms. The summed E-state index contributed by atoms with van der Waals surface area (Å²) in [5.41, 5.74) is -1.04. The van der Waals surface area contributed by atoms with Gasteiger partial charge in [0.1, 0.15) is 5.60 Å². The molecule has 6 heteroatoms. The molecule has 5 nitrogen and oxygen atoms in total. The fourth-order valence-electron chi connectivity index (χ4n) is 1.70. The van der Waals surface area contributed by atoms with E-state index in [1.165, 1.54) is 0 Å². The minimum atomic E-state index is -0.600. The van der Waals surface area contributed by atoms with Crippen molar-refractivity contribution in [3.63, 3.8) is 0 Å². The van der Waals surface area contributed by atoms with Crippen molar-refractivity contribution in [3.05, 3.63) is 0 Å². The average Bonchev–Trinajstić information content (AvgIpc) is 2.20. The molecule has 0 radical (unpaired) electrons. The molecule has 0 aromatic rings. The number of hydrogen-bond acceptors (Lipinski definition) is 5. The molecule has 0 spiro atoms. The molecule has 1 aliphatic rings. The summed E-state index contributed by atoms with van der Waals surface area (Å²) in [7, 11) is 0. The first-order valence-corrected chi connectivity index (χ1v) is 7.75. The lowest BCUT2D eigenvalue weighted by atomic mass is 10.0. The molecular formula is C13H25NO4S. The molecule has 0 aromatic carbocycles. The van der Waals surface area contributed by atoms with Gasteiger partial charge in [0.2, 0.25) is 0 Å². The molecule has 1 aliphatic heterocycles. The van der Waals surface area contributed by atoms with E-state index in [2.05, 4.69) is 5.32 Å². The summed E-state index contributed by atoms with van der Waals surface area (Å²) in [5.74, 6) is 0.111. The Hall–Kier alpha value is -0.460. The monoisotopic (exact) mass is 291 g/mol. The van der Waals surface area contributed by atoms with Gasteiger partial charge in [-0.25, -0.2) is 4.79 Å². The largest absolute Gasteiger partial charge is 0.444 e. The first kappa shape index (κ1) is 16.6. The molecule has 1 rings (SSSR count). The average molecular weight is 291 g/mol. The summed E-state index contributed by atoms with van der Waals surface area (Å²) in [6.45, 7) is 10.1.